The smallest absolute Gasteiger partial charge is 0.294 e. The first kappa shape index (κ1) is 17.2. The third-order valence-corrected chi connectivity index (χ3v) is 3.05. The van der Waals surface area contributed by atoms with Gasteiger partial charge in [-0.2, -0.15) is 0 Å². The van der Waals surface area contributed by atoms with Crippen LogP contribution in [-0.4, -0.2) is 47.1 Å². The maximum absolute atomic E-state index is 12.2. The molecule has 1 aromatic carbocycles. The quantitative estimate of drug-likeness (QED) is 0.619. The van der Waals surface area contributed by atoms with Crippen molar-refractivity contribution < 1.29 is 14.8 Å². The molecule has 0 spiro atoms. The van der Waals surface area contributed by atoms with E-state index in [1.54, 1.807) is 13.8 Å². The molecule has 1 rings (SSSR count). The summed E-state index contributed by atoms with van der Waals surface area (Å²) in [5.41, 5.74) is 0.0496. The lowest BCUT2D eigenvalue weighted by Crippen LogP contribution is -2.33. The van der Waals surface area contributed by atoms with Crippen LogP contribution >= 0.6 is 11.6 Å². The van der Waals surface area contributed by atoms with E-state index >= 15 is 0 Å². The number of rotatable bonds is 6. The SMILES string of the molecule is CCNc1c(Cl)cc(C(=O)N(C)CC(C)O)cc1[N+](=O)[O-]. The van der Waals surface area contributed by atoms with Crippen molar-refractivity contribution in [1.29, 1.82) is 0 Å². The molecule has 0 saturated heterocycles. The summed E-state index contributed by atoms with van der Waals surface area (Å²) < 4.78 is 0. The molecule has 0 fully saturated rings. The Morgan fingerprint density at radius 3 is 2.67 bits per heavy atom. The van der Waals surface area contributed by atoms with Crippen LogP contribution in [0, 0.1) is 10.1 Å². The molecule has 1 unspecified atom stereocenters. The van der Waals surface area contributed by atoms with E-state index in [9.17, 15) is 20.0 Å². The molecule has 21 heavy (non-hydrogen) atoms. The Kier molecular flexibility index (Phi) is 5.92. The number of aliphatic hydroxyl groups excluding tert-OH is 1. The number of halogens is 1. The van der Waals surface area contributed by atoms with Gasteiger partial charge < -0.3 is 15.3 Å². The van der Waals surface area contributed by atoms with E-state index in [0.29, 0.717) is 6.54 Å². The molecule has 2 N–H and O–H groups in total. The van der Waals surface area contributed by atoms with Gasteiger partial charge in [-0.3, -0.25) is 14.9 Å². The van der Waals surface area contributed by atoms with Gasteiger partial charge in [-0.25, -0.2) is 0 Å². The highest BCUT2D eigenvalue weighted by atomic mass is 35.5. The third-order valence-electron chi connectivity index (χ3n) is 2.75. The number of carbonyl (C=O) groups is 1. The average molecular weight is 316 g/mol. The molecule has 8 heteroatoms. The Balaban J connectivity index is 3.21. The van der Waals surface area contributed by atoms with Crippen molar-refractivity contribution >= 4 is 28.9 Å². The van der Waals surface area contributed by atoms with E-state index in [0.717, 1.165) is 0 Å². The summed E-state index contributed by atoms with van der Waals surface area (Å²) in [5, 5.41) is 23.3. The van der Waals surface area contributed by atoms with Crippen LogP contribution in [0.2, 0.25) is 5.02 Å². The lowest BCUT2D eigenvalue weighted by Gasteiger charge is -2.19. The van der Waals surface area contributed by atoms with E-state index in [4.69, 9.17) is 11.6 Å². The van der Waals surface area contributed by atoms with Crippen molar-refractivity contribution in [2.45, 2.75) is 20.0 Å². The van der Waals surface area contributed by atoms with Gasteiger partial charge in [-0.05, 0) is 19.9 Å². The molecule has 0 aliphatic rings. The largest absolute Gasteiger partial charge is 0.392 e. The van der Waals surface area contributed by atoms with Crippen molar-refractivity contribution in [1.82, 2.24) is 4.90 Å². The van der Waals surface area contributed by atoms with Gasteiger partial charge in [0, 0.05) is 31.8 Å². The Morgan fingerprint density at radius 1 is 1.57 bits per heavy atom. The molecule has 0 radical (unpaired) electrons. The predicted octanol–water partition coefficient (Wildman–Crippen LogP) is 2.13. The van der Waals surface area contributed by atoms with Gasteiger partial charge in [-0.1, -0.05) is 11.6 Å². The minimum atomic E-state index is -0.689. The van der Waals surface area contributed by atoms with E-state index in [1.165, 1.54) is 24.1 Å². The molecular weight excluding hydrogens is 298 g/mol. The third kappa shape index (κ3) is 4.30. The average Bonchev–Trinajstić information content (AvgIpc) is 2.38. The second-order valence-corrected chi connectivity index (χ2v) is 5.08. The van der Waals surface area contributed by atoms with Crippen LogP contribution in [0.1, 0.15) is 24.2 Å². The van der Waals surface area contributed by atoms with Crippen molar-refractivity contribution in [2.24, 2.45) is 0 Å². The summed E-state index contributed by atoms with van der Waals surface area (Å²) >= 11 is 6.02. The molecule has 1 amide bonds. The molecule has 0 heterocycles. The summed E-state index contributed by atoms with van der Waals surface area (Å²) in [7, 11) is 1.51. The zero-order valence-electron chi connectivity index (χ0n) is 12.1. The van der Waals surface area contributed by atoms with Crippen molar-refractivity contribution in [3.63, 3.8) is 0 Å². The number of aliphatic hydroxyl groups is 1. The van der Waals surface area contributed by atoms with Crippen LogP contribution in [0.5, 0.6) is 0 Å². The minimum Gasteiger partial charge on any atom is -0.392 e. The molecule has 7 nitrogen and oxygen atoms in total. The fraction of sp³-hybridized carbons (Fsp3) is 0.462. The lowest BCUT2D eigenvalue weighted by atomic mass is 10.1. The fourth-order valence-corrected chi connectivity index (χ4v) is 2.19. The second kappa shape index (κ2) is 7.24. The number of nitro benzene ring substituents is 1. The predicted molar refractivity (Wildman–Crippen MR) is 80.9 cm³/mol. The highest BCUT2D eigenvalue weighted by Crippen LogP contribution is 2.34. The van der Waals surface area contributed by atoms with Gasteiger partial charge in [0.1, 0.15) is 5.69 Å². The molecule has 0 aliphatic carbocycles. The Hall–Kier alpha value is -1.86. The first-order chi connectivity index (χ1) is 9.77. The van der Waals surface area contributed by atoms with Gasteiger partial charge in [0.25, 0.3) is 11.6 Å². The van der Waals surface area contributed by atoms with E-state index < -0.39 is 16.9 Å². The van der Waals surface area contributed by atoms with Gasteiger partial charge in [0.15, 0.2) is 0 Å². The molecular formula is C13H18ClN3O4. The summed E-state index contributed by atoms with van der Waals surface area (Å²) in [5.74, 6) is -0.441. The van der Waals surface area contributed by atoms with Crippen LogP contribution < -0.4 is 5.32 Å². The lowest BCUT2D eigenvalue weighted by molar-refractivity contribution is -0.384. The topological polar surface area (TPSA) is 95.7 Å². The van der Waals surface area contributed by atoms with E-state index in [2.05, 4.69) is 5.32 Å². The normalized spacial score (nSPS) is 11.9. The zero-order chi connectivity index (χ0) is 16.2. The molecule has 0 aromatic heterocycles. The van der Waals surface area contributed by atoms with Gasteiger partial charge in [0.2, 0.25) is 0 Å². The number of nitrogens with zero attached hydrogens (tertiary/aromatic N) is 2. The number of likely N-dealkylation sites (N-methyl/N-ethyl adjacent to an activating group) is 1. The maximum atomic E-state index is 12.2. The fourth-order valence-electron chi connectivity index (χ4n) is 1.91. The van der Waals surface area contributed by atoms with Crippen molar-refractivity contribution in [2.75, 3.05) is 25.5 Å². The van der Waals surface area contributed by atoms with Crippen LogP contribution in [0.4, 0.5) is 11.4 Å². The Bertz CT molecular complexity index is 548. The van der Waals surface area contributed by atoms with Crippen molar-refractivity contribution in [3.8, 4) is 0 Å². The van der Waals surface area contributed by atoms with Crippen LogP contribution in [0.3, 0.4) is 0 Å². The Morgan fingerprint density at radius 2 is 2.19 bits per heavy atom. The van der Waals surface area contributed by atoms with Crippen LogP contribution in [0.25, 0.3) is 0 Å². The number of hydrogen-bond acceptors (Lipinski definition) is 5. The number of amides is 1. The van der Waals surface area contributed by atoms with Crippen LogP contribution in [0.15, 0.2) is 12.1 Å². The van der Waals surface area contributed by atoms with E-state index in [1.807, 2.05) is 0 Å². The minimum absolute atomic E-state index is 0.108. The summed E-state index contributed by atoms with van der Waals surface area (Å²) in [6.07, 6.45) is -0.689. The molecule has 0 bridgehead atoms. The summed E-state index contributed by atoms with van der Waals surface area (Å²) in [6, 6.07) is 2.57. The van der Waals surface area contributed by atoms with Crippen molar-refractivity contribution in [3.05, 3.63) is 32.8 Å². The molecule has 1 aromatic rings. The molecule has 0 aliphatic heterocycles. The second-order valence-electron chi connectivity index (χ2n) is 4.67. The van der Waals surface area contributed by atoms with Gasteiger partial charge in [0.05, 0.1) is 16.0 Å². The highest BCUT2D eigenvalue weighted by Gasteiger charge is 2.23. The van der Waals surface area contributed by atoms with Gasteiger partial charge in [-0.15, -0.1) is 0 Å². The zero-order valence-corrected chi connectivity index (χ0v) is 12.8. The standard InChI is InChI=1S/C13H18ClN3O4/c1-4-15-12-10(14)5-9(6-11(12)17(20)21)13(19)16(3)7-8(2)18/h5-6,8,15,18H,4,7H2,1-3H3. The number of hydrogen-bond donors (Lipinski definition) is 2. The van der Waals surface area contributed by atoms with Crippen LogP contribution in [-0.2, 0) is 0 Å². The number of nitrogens with one attached hydrogen (secondary N) is 1. The summed E-state index contributed by atoms with van der Waals surface area (Å²) in [6.45, 7) is 3.93. The van der Waals surface area contributed by atoms with E-state index in [-0.39, 0.29) is 28.5 Å². The maximum Gasteiger partial charge on any atom is 0.294 e. The number of benzene rings is 1. The number of nitro groups is 1. The molecule has 1 atom stereocenters. The van der Waals surface area contributed by atoms with Gasteiger partial charge >= 0.3 is 0 Å². The Labute approximate surface area is 127 Å². The first-order valence-electron chi connectivity index (χ1n) is 6.43. The summed E-state index contributed by atoms with van der Waals surface area (Å²) in [4.78, 5) is 24.0. The molecule has 0 saturated carbocycles. The molecule has 116 valence electrons. The monoisotopic (exact) mass is 315 g/mol. The number of anilines is 1. The number of carbonyl (C=O) groups excluding carboxylic acids is 1. The highest BCUT2D eigenvalue weighted by molar-refractivity contribution is 6.34. The first-order valence-corrected chi connectivity index (χ1v) is 6.81.